The van der Waals surface area contributed by atoms with Gasteiger partial charge >= 0.3 is 0 Å². The predicted molar refractivity (Wildman–Crippen MR) is 110 cm³/mol. The smallest absolute Gasteiger partial charge is 0.251 e. The summed E-state index contributed by atoms with van der Waals surface area (Å²) in [6, 6.07) is 17.4. The Kier molecular flexibility index (Phi) is 4.82. The summed E-state index contributed by atoms with van der Waals surface area (Å²) in [4.78, 5) is 38.9. The lowest BCUT2D eigenvalue weighted by Gasteiger charge is -2.41. The number of allylic oxidation sites excluding steroid dienone is 1. The van der Waals surface area contributed by atoms with Crippen LogP contribution >= 0.6 is 0 Å². The van der Waals surface area contributed by atoms with Crippen molar-refractivity contribution in [3.8, 4) is 0 Å². The third kappa shape index (κ3) is 3.73. The van der Waals surface area contributed by atoms with Gasteiger partial charge in [-0.3, -0.25) is 14.4 Å². The van der Waals surface area contributed by atoms with Gasteiger partial charge in [0.05, 0.1) is 0 Å². The van der Waals surface area contributed by atoms with Crippen molar-refractivity contribution < 1.29 is 14.4 Å². The molecule has 0 bridgehead atoms. The fraction of sp³-hybridized carbons (Fsp3) is 0.292. The molecule has 0 aromatic heterocycles. The van der Waals surface area contributed by atoms with E-state index in [-0.39, 0.29) is 23.0 Å². The molecule has 0 fully saturated rings. The van der Waals surface area contributed by atoms with E-state index < -0.39 is 12.0 Å². The molecular weight excluding hydrogens is 364 g/mol. The van der Waals surface area contributed by atoms with Crippen LogP contribution in [0.1, 0.15) is 48.5 Å². The van der Waals surface area contributed by atoms with Crippen LogP contribution in [0.2, 0.25) is 0 Å². The molecule has 2 aliphatic rings. The molecule has 0 saturated carbocycles. The molecule has 2 aromatic carbocycles. The van der Waals surface area contributed by atoms with Gasteiger partial charge in [-0.05, 0) is 29.5 Å². The molecule has 148 valence electrons. The molecule has 2 amide bonds. The molecule has 0 saturated heterocycles. The van der Waals surface area contributed by atoms with Gasteiger partial charge in [0.25, 0.3) is 5.91 Å². The summed E-state index contributed by atoms with van der Waals surface area (Å²) in [7, 11) is 0. The lowest BCUT2D eigenvalue weighted by atomic mass is 9.68. The quantitative estimate of drug-likeness (QED) is 0.847. The zero-order valence-electron chi connectivity index (χ0n) is 16.6. The maximum atomic E-state index is 13.1. The molecule has 1 heterocycles. The van der Waals surface area contributed by atoms with Gasteiger partial charge in [-0.25, -0.2) is 0 Å². The van der Waals surface area contributed by atoms with E-state index in [9.17, 15) is 14.4 Å². The first kappa shape index (κ1) is 19.1. The summed E-state index contributed by atoms with van der Waals surface area (Å²) in [5.41, 5.74) is 2.43. The highest BCUT2D eigenvalue weighted by Crippen LogP contribution is 2.44. The molecule has 2 atom stereocenters. The van der Waals surface area contributed by atoms with E-state index in [2.05, 4.69) is 10.6 Å². The molecule has 1 aliphatic heterocycles. The molecule has 2 unspecified atom stereocenters. The number of carbonyl (C=O) groups is 3. The number of rotatable bonds is 3. The second kappa shape index (κ2) is 7.32. The fourth-order valence-electron chi connectivity index (χ4n) is 4.33. The van der Waals surface area contributed by atoms with Crippen LogP contribution in [0.3, 0.4) is 0 Å². The first-order valence-corrected chi connectivity index (χ1v) is 9.84. The number of nitrogens with one attached hydrogen (secondary N) is 2. The third-order valence-corrected chi connectivity index (χ3v) is 5.60. The Morgan fingerprint density at radius 1 is 0.966 bits per heavy atom. The molecule has 2 aromatic rings. The standard InChI is InChI=1S/C24H24N2O3/c1-24(2)13-17-20(18(27)14-24)19(15-9-5-3-6-10-15)21(23(29)25-17)26-22(28)16-11-7-4-8-12-16/h3-12,19,21H,13-14H2,1-2H3,(H,25,29)(H,26,28). The SMILES string of the molecule is CC1(C)CC(=O)C2=C(C1)NC(=O)C(NC(=O)c1ccccc1)C2c1ccccc1. The van der Waals surface area contributed by atoms with Crippen LogP contribution < -0.4 is 10.6 Å². The van der Waals surface area contributed by atoms with E-state index in [1.807, 2.05) is 50.2 Å². The van der Waals surface area contributed by atoms with Gasteiger partial charge in [-0.15, -0.1) is 0 Å². The van der Waals surface area contributed by atoms with Crippen LogP contribution in [0.4, 0.5) is 0 Å². The first-order chi connectivity index (χ1) is 13.9. The van der Waals surface area contributed by atoms with Crippen molar-refractivity contribution in [1.82, 2.24) is 10.6 Å². The van der Waals surface area contributed by atoms with Crippen LogP contribution in [-0.4, -0.2) is 23.6 Å². The Morgan fingerprint density at radius 3 is 2.24 bits per heavy atom. The molecule has 29 heavy (non-hydrogen) atoms. The van der Waals surface area contributed by atoms with E-state index in [0.29, 0.717) is 29.7 Å². The molecule has 5 heteroatoms. The number of Topliss-reactive ketones (excluding diaryl/α,β-unsaturated/α-hetero) is 1. The number of amides is 2. The molecule has 2 N–H and O–H groups in total. The molecule has 4 rings (SSSR count). The maximum absolute atomic E-state index is 13.1. The van der Waals surface area contributed by atoms with Crippen LogP contribution in [-0.2, 0) is 9.59 Å². The summed E-state index contributed by atoms with van der Waals surface area (Å²) >= 11 is 0. The van der Waals surface area contributed by atoms with Gasteiger partial charge in [-0.1, -0.05) is 62.4 Å². The van der Waals surface area contributed by atoms with E-state index in [1.165, 1.54) is 0 Å². The Bertz CT molecular complexity index is 993. The molecule has 1 aliphatic carbocycles. The van der Waals surface area contributed by atoms with Crippen molar-refractivity contribution in [2.45, 2.75) is 38.6 Å². The van der Waals surface area contributed by atoms with E-state index in [1.54, 1.807) is 24.3 Å². The van der Waals surface area contributed by atoms with Crippen molar-refractivity contribution in [2.24, 2.45) is 5.41 Å². The van der Waals surface area contributed by atoms with Crippen molar-refractivity contribution in [3.05, 3.63) is 83.1 Å². The Morgan fingerprint density at radius 2 is 1.59 bits per heavy atom. The Balaban J connectivity index is 1.77. The van der Waals surface area contributed by atoms with Gasteiger partial charge in [0, 0.05) is 29.2 Å². The largest absolute Gasteiger partial charge is 0.339 e. The summed E-state index contributed by atoms with van der Waals surface area (Å²) in [5, 5.41) is 5.79. The maximum Gasteiger partial charge on any atom is 0.251 e. The van der Waals surface area contributed by atoms with E-state index >= 15 is 0 Å². The number of benzene rings is 2. The summed E-state index contributed by atoms with van der Waals surface area (Å²) < 4.78 is 0. The summed E-state index contributed by atoms with van der Waals surface area (Å²) in [6.45, 7) is 4.06. The first-order valence-electron chi connectivity index (χ1n) is 9.84. The highest BCUT2D eigenvalue weighted by Gasteiger charge is 2.46. The lowest BCUT2D eigenvalue weighted by Crippen LogP contribution is -2.55. The Hall–Kier alpha value is -3.21. The minimum atomic E-state index is -0.853. The number of hydrogen-bond acceptors (Lipinski definition) is 3. The molecule has 5 nitrogen and oxygen atoms in total. The average Bonchev–Trinajstić information content (AvgIpc) is 2.69. The van der Waals surface area contributed by atoms with Gasteiger partial charge in [0.2, 0.25) is 5.91 Å². The normalized spacial score (nSPS) is 23.2. The van der Waals surface area contributed by atoms with Gasteiger partial charge in [0.1, 0.15) is 6.04 Å². The van der Waals surface area contributed by atoms with Crippen LogP contribution in [0.25, 0.3) is 0 Å². The second-order valence-corrected chi connectivity index (χ2v) is 8.53. The number of carbonyl (C=O) groups excluding carboxylic acids is 3. The Labute approximate surface area is 170 Å². The topological polar surface area (TPSA) is 75.3 Å². The van der Waals surface area contributed by atoms with Crippen molar-refractivity contribution >= 4 is 17.6 Å². The highest BCUT2D eigenvalue weighted by molar-refractivity contribution is 6.05. The lowest BCUT2D eigenvalue weighted by molar-refractivity contribution is -0.124. The van der Waals surface area contributed by atoms with Crippen LogP contribution in [0.5, 0.6) is 0 Å². The van der Waals surface area contributed by atoms with Gasteiger partial charge in [0.15, 0.2) is 5.78 Å². The number of hydrogen-bond donors (Lipinski definition) is 2. The fourth-order valence-corrected chi connectivity index (χ4v) is 4.33. The van der Waals surface area contributed by atoms with Gasteiger partial charge in [-0.2, -0.15) is 0 Å². The van der Waals surface area contributed by atoms with Crippen LogP contribution in [0.15, 0.2) is 71.9 Å². The van der Waals surface area contributed by atoms with Crippen molar-refractivity contribution in [1.29, 1.82) is 0 Å². The second-order valence-electron chi connectivity index (χ2n) is 8.53. The van der Waals surface area contributed by atoms with Crippen molar-refractivity contribution in [3.63, 3.8) is 0 Å². The molecular formula is C24H24N2O3. The monoisotopic (exact) mass is 388 g/mol. The highest BCUT2D eigenvalue weighted by atomic mass is 16.2. The zero-order valence-corrected chi connectivity index (χ0v) is 16.6. The van der Waals surface area contributed by atoms with Crippen molar-refractivity contribution in [2.75, 3.05) is 0 Å². The third-order valence-electron chi connectivity index (χ3n) is 5.60. The zero-order chi connectivity index (χ0) is 20.6. The van der Waals surface area contributed by atoms with E-state index in [0.717, 1.165) is 5.56 Å². The number of ketones is 1. The average molecular weight is 388 g/mol. The summed E-state index contributed by atoms with van der Waals surface area (Å²) in [5.74, 6) is -1.09. The minimum Gasteiger partial charge on any atom is -0.339 e. The molecule has 0 radical (unpaired) electrons. The van der Waals surface area contributed by atoms with Gasteiger partial charge < -0.3 is 10.6 Å². The van der Waals surface area contributed by atoms with Crippen LogP contribution in [0, 0.1) is 5.41 Å². The molecule has 0 spiro atoms. The summed E-state index contributed by atoms with van der Waals surface area (Å²) in [6.07, 6.45) is 1.05. The predicted octanol–water partition coefficient (Wildman–Crippen LogP) is 3.34. The minimum absolute atomic E-state index is 0.0315. The van der Waals surface area contributed by atoms with E-state index in [4.69, 9.17) is 0 Å².